The number of amides is 1. The number of nitrogens with two attached hydrogens (primary N) is 1. The first-order chi connectivity index (χ1) is 9.61. The third-order valence-corrected chi connectivity index (χ3v) is 2.84. The Kier molecular flexibility index (Phi) is 4.11. The SMILES string of the molecule is NCc1ccccc1CNC(=O)c1c[nH]c(=O)[nH]c1=O. The van der Waals surface area contributed by atoms with Gasteiger partial charge in [-0.2, -0.15) is 0 Å². The number of aromatic amines is 2. The Morgan fingerprint density at radius 1 is 1.20 bits per heavy atom. The second-order valence-electron chi connectivity index (χ2n) is 4.14. The molecule has 2 aromatic rings. The molecule has 0 aliphatic rings. The molecule has 0 unspecified atom stereocenters. The zero-order chi connectivity index (χ0) is 14.5. The van der Waals surface area contributed by atoms with Crippen molar-refractivity contribution in [2.45, 2.75) is 13.1 Å². The number of nitrogens with one attached hydrogen (secondary N) is 3. The summed E-state index contributed by atoms with van der Waals surface area (Å²) in [6.07, 6.45) is 1.09. The number of H-pyrrole nitrogens is 2. The average Bonchev–Trinajstić information content (AvgIpc) is 2.45. The van der Waals surface area contributed by atoms with Crippen LogP contribution in [-0.2, 0) is 13.1 Å². The molecular formula is C13H14N4O3. The van der Waals surface area contributed by atoms with Crippen molar-refractivity contribution in [3.63, 3.8) is 0 Å². The van der Waals surface area contributed by atoms with Crippen LogP contribution in [0.15, 0.2) is 40.1 Å². The van der Waals surface area contributed by atoms with Crippen LogP contribution in [-0.4, -0.2) is 15.9 Å². The molecule has 0 atom stereocenters. The summed E-state index contributed by atoms with van der Waals surface area (Å²) in [6.45, 7) is 0.621. The predicted molar refractivity (Wildman–Crippen MR) is 73.2 cm³/mol. The van der Waals surface area contributed by atoms with E-state index in [1.807, 2.05) is 29.2 Å². The Hall–Kier alpha value is -2.67. The normalized spacial score (nSPS) is 10.2. The fraction of sp³-hybridized carbons (Fsp3) is 0.154. The van der Waals surface area contributed by atoms with Crippen LogP contribution < -0.4 is 22.3 Å². The Bertz CT molecular complexity index is 733. The molecule has 0 aliphatic heterocycles. The van der Waals surface area contributed by atoms with Gasteiger partial charge in [-0.15, -0.1) is 0 Å². The third kappa shape index (κ3) is 3.01. The quantitative estimate of drug-likeness (QED) is 0.597. The van der Waals surface area contributed by atoms with E-state index in [0.29, 0.717) is 6.54 Å². The second-order valence-corrected chi connectivity index (χ2v) is 4.14. The minimum atomic E-state index is -0.724. The van der Waals surface area contributed by atoms with Gasteiger partial charge in [0.25, 0.3) is 11.5 Å². The number of carbonyl (C=O) groups excluding carboxylic acids is 1. The first kappa shape index (κ1) is 13.8. The maximum atomic E-state index is 11.9. The predicted octanol–water partition coefficient (Wildman–Crippen LogP) is -0.548. The van der Waals surface area contributed by atoms with Crippen LogP contribution in [0.2, 0.25) is 0 Å². The highest BCUT2D eigenvalue weighted by molar-refractivity contribution is 5.93. The van der Waals surface area contributed by atoms with Crippen molar-refractivity contribution in [3.05, 3.63) is 68.0 Å². The van der Waals surface area contributed by atoms with Gasteiger partial charge in [0, 0.05) is 19.3 Å². The van der Waals surface area contributed by atoms with Crippen LogP contribution in [0.1, 0.15) is 21.5 Å². The van der Waals surface area contributed by atoms with E-state index in [1.165, 1.54) is 0 Å². The summed E-state index contributed by atoms with van der Waals surface area (Å²) in [6, 6.07) is 7.42. The van der Waals surface area contributed by atoms with Gasteiger partial charge in [-0.05, 0) is 11.1 Å². The molecule has 5 N–H and O–H groups in total. The van der Waals surface area contributed by atoms with Crippen molar-refractivity contribution < 1.29 is 4.79 Å². The van der Waals surface area contributed by atoms with Gasteiger partial charge in [0.1, 0.15) is 5.56 Å². The average molecular weight is 274 g/mol. The maximum absolute atomic E-state index is 11.9. The Balaban J connectivity index is 2.13. The summed E-state index contributed by atoms with van der Waals surface area (Å²) in [5, 5.41) is 2.61. The van der Waals surface area contributed by atoms with Gasteiger partial charge in [-0.3, -0.25) is 14.6 Å². The van der Waals surface area contributed by atoms with Crippen molar-refractivity contribution in [1.29, 1.82) is 0 Å². The number of hydrogen-bond donors (Lipinski definition) is 4. The lowest BCUT2D eigenvalue weighted by molar-refractivity contribution is 0.0949. The van der Waals surface area contributed by atoms with Crippen LogP contribution in [0, 0.1) is 0 Å². The van der Waals surface area contributed by atoms with E-state index >= 15 is 0 Å². The van der Waals surface area contributed by atoms with Crippen LogP contribution in [0.4, 0.5) is 0 Å². The lowest BCUT2D eigenvalue weighted by atomic mass is 10.1. The molecule has 0 aliphatic carbocycles. The molecule has 1 heterocycles. The molecular weight excluding hydrogens is 260 g/mol. The molecule has 1 amide bonds. The maximum Gasteiger partial charge on any atom is 0.325 e. The molecule has 1 aromatic carbocycles. The molecule has 0 saturated carbocycles. The first-order valence-corrected chi connectivity index (χ1v) is 5.99. The highest BCUT2D eigenvalue weighted by Gasteiger charge is 2.11. The molecule has 1 aromatic heterocycles. The summed E-state index contributed by atoms with van der Waals surface area (Å²) < 4.78 is 0. The first-order valence-electron chi connectivity index (χ1n) is 5.99. The lowest BCUT2D eigenvalue weighted by Gasteiger charge is -2.08. The zero-order valence-electron chi connectivity index (χ0n) is 10.6. The Morgan fingerprint density at radius 2 is 1.90 bits per heavy atom. The highest BCUT2D eigenvalue weighted by Crippen LogP contribution is 2.07. The molecule has 7 nitrogen and oxygen atoms in total. The van der Waals surface area contributed by atoms with E-state index in [4.69, 9.17) is 5.73 Å². The van der Waals surface area contributed by atoms with Crippen LogP contribution in [0.25, 0.3) is 0 Å². The second kappa shape index (κ2) is 5.98. The monoisotopic (exact) mass is 274 g/mol. The summed E-state index contributed by atoms with van der Waals surface area (Å²) in [7, 11) is 0. The van der Waals surface area contributed by atoms with E-state index in [-0.39, 0.29) is 12.1 Å². The van der Waals surface area contributed by atoms with Crippen molar-refractivity contribution in [3.8, 4) is 0 Å². The number of hydrogen-bond acceptors (Lipinski definition) is 4. The Labute approximate surface area is 113 Å². The van der Waals surface area contributed by atoms with Crippen molar-refractivity contribution in [1.82, 2.24) is 15.3 Å². The third-order valence-electron chi connectivity index (χ3n) is 2.84. The van der Waals surface area contributed by atoms with Crippen molar-refractivity contribution >= 4 is 5.91 Å². The van der Waals surface area contributed by atoms with Gasteiger partial charge in [-0.25, -0.2) is 4.79 Å². The minimum Gasteiger partial charge on any atom is -0.348 e. The molecule has 0 saturated heterocycles. The number of rotatable bonds is 4. The van der Waals surface area contributed by atoms with Crippen molar-refractivity contribution in [2.75, 3.05) is 0 Å². The Morgan fingerprint density at radius 3 is 2.55 bits per heavy atom. The van der Waals surface area contributed by atoms with Gasteiger partial charge in [-0.1, -0.05) is 24.3 Å². The van der Waals surface area contributed by atoms with Crippen LogP contribution >= 0.6 is 0 Å². The lowest BCUT2D eigenvalue weighted by Crippen LogP contribution is -2.33. The van der Waals surface area contributed by atoms with E-state index in [1.54, 1.807) is 0 Å². The standard InChI is InChI=1S/C13H14N4O3/c14-5-8-3-1-2-4-9(8)6-15-11(18)10-7-16-13(20)17-12(10)19/h1-4,7H,5-6,14H2,(H,15,18)(H2,16,17,19,20). The zero-order valence-corrected chi connectivity index (χ0v) is 10.6. The topological polar surface area (TPSA) is 121 Å². The van der Waals surface area contributed by atoms with Crippen LogP contribution in [0.3, 0.4) is 0 Å². The van der Waals surface area contributed by atoms with E-state index < -0.39 is 17.2 Å². The molecule has 2 rings (SSSR count). The molecule has 104 valence electrons. The molecule has 0 spiro atoms. The molecule has 20 heavy (non-hydrogen) atoms. The summed E-state index contributed by atoms with van der Waals surface area (Å²) in [5.74, 6) is -0.561. The number of carbonyl (C=O) groups is 1. The molecule has 0 radical (unpaired) electrons. The molecule has 7 heteroatoms. The summed E-state index contributed by atoms with van der Waals surface area (Å²) >= 11 is 0. The van der Waals surface area contributed by atoms with E-state index in [0.717, 1.165) is 17.3 Å². The molecule has 0 fully saturated rings. The van der Waals surface area contributed by atoms with Gasteiger partial charge >= 0.3 is 5.69 Å². The smallest absolute Gasteiger partial charge is 0.325 e. The largest absolute Gasteiger partial charge is 0.348 e. The summed E-state index contributed by atoms with van der Waals surface area (Å²) in [4.78, 5) is 38.4. The van der Waals surface area contributed by atoms with Crippen LogP contribution in [0.5, 0.6) is 0 Å². The number of aromatic nitrogens is 2. The molecule has 0 bridgehead atoms. The van der Waals surface area contributed by atoms with Gasteiger partial charge in [0.05, 0.1) is 0 Å². The van der Waals surface area contributed by atoms with Gasteiger partial charge in [0.2, 0.25) is 0 Å². The minimum absolute atomic E-state index is 0.144. The highest BCUT2D eigenvalue weighted by atomic mass is 16.2. The summed E-state index contributed by atoms with van der Waals surface area (Å²) in [5.41, 5.74) is 5.88. The number of benzene rings is 1. The fourth-order valence-electron chi connectivity index (χ4n) is 1.78. The van der Waals surface area contributed by atoms with E-state index in [2.05, 4.69) is 10.3 Å². The van der Waals surface area contributed by atoms with Gasteiger partial charge < -0.3 is 16.0 Å². The van der Waals surface area contributed by atoms with Crippen molar-refractivity contribution in [2.24, 2.45) is 5.73 Å². The fourth-order valence-corrected chi connectivity index (χ4v) is 1.78. The van der Waals surface area contributed by atoms with E-state index in [9.17, 15) is 14.4 Å². The van der Waals surface area contributed by atoms with Gasteiger partial charge in [0.15, 0.2) is 0 Å².